The smallest absolute Gasteiger partial charge is 0.278 e. The molecule has 1 amide bonds. The van der Waals surface area contributed by atoms with Crippen molar-refractivity contribution in [3.8, 4) is 11.5 Å². The monoisotopic (exact) mass is 440 g/mol. The first-order chi connectivity index (χ1) is 15.2. The fourth-order valence-corrected chi connectivity index (χ4v) is 3.82. The molecule has 0 saturated carbocycles. The minimum absolute atomic E-state index is 0.145. The third-order valence-electron chi connectivity index (χ3n) is 5.36. The number of carbonyl (C=O) groups excluding carboxylic acids is 1. The zero-order chi connectivity index (χ0) is 21.2. The quantitative estimate of drug-likeness (QED) is 0.629. The van der Waals surface area contributed by atoms with Crippen LogP contribution < -0.4 is 14.8 Å². The number of aromatic amines is 1. The van der Waals surface area contributed by atoms with Gasteiger partial charge in [-0.25, -0.2) is 0 Å². The molecule has 1 aromatic heterocycles. The number of halogens is 1. The molecular formula is C21H21ClN6O3. The van der Waals surface area contributed by atoms with Gasteiger partial charge in [0.25, 0.3) is 5.91 Å². The molecule has 9 nitrogen and oxygen atoms in total. The summed E-state index contributed by atoms with van der Waals surface area (Å²) in [6.45, 7) is 3.87. The van der Waals surface area contributed by atoms with Crippen molar-refractivity contribution in [1.29, 1.82) is 0 Å². The summed E-state index contributed by atoms with van der Waals surface area (Å²) in [4.78, 5) is 17.1. The molecule has 0 unspecified atom stereocenters. The molecule has 0 bridgehead atoms. The van der Waals surface area contributed by atoms with Gasteiger partial charge in [-0.15, -0.1) is 10.2 Å². The standard InChI is InChI=1S/C21H21ClN6O3/c22-15-2-4-16(5-3-15)23-20-19(24-26-25-20)21(29)28-9-7-27(8-10-28)12-14-1-6-17-18(11-14)31-13-30-17/h1-6,11H,7-10,12-13H2,(H2,23,24,25,26). The predicted molar refractivity (Wildman–Crippen MR) is 115 cm³/mol. The lowest BCUT2D eigenvalue weighted by molar-refractivity contribution is 0.0623. The number of ether oxygens (including phenoxy) is 2. The number of carbonyl (C=O) groups is 1. The average molecular weight is 441 g/mol. The number of rotatable bonds is 5. The molecule has 2 N–H and O–H groups in total. The van der Waals surface area contributed by atoms with E-state index in [-0.39, 0.29) is 18.4 Å². The van der Waals surface area contributed by atoms with Crippen molar-refractivity contribution in [2.24, 2.45) is 0 Å². The summed E-state index contributed by atoms with van der Waals surface area (Å²) >= 11 is 5.93. The van der Waals surface area contributed by atoms with Crippen LogP contribution in [0.3, 0.4) is 0 Å². The van der Waals surface area contributed by atoms with Gasteiger partial charge in [-0.3, -0.25) is 9.69 Å². The fraction of sp³-hybridized carbons (Fsp3) is 0.286. The first-order valence-electron chi connectivity index (χ1n) is 9.99. The highest BCUT2D eigenvalue weighted by atomic mass is 35.5. The van der Waals surface area contributed by atoms with Crippen LogP contribution in [0.15, 0.2) is 42.5 Å². The predicted octanol–water partition coefficient (Wildman–Crippen LogP) is 2.89. The maximum absolute atomic E-state index is 13.0. The molecule has 2 aliphatic heterocycles. The highest BCUT2D eigenvalue weighted by Gasteiger charge is 2.27. The Hall–Kier alpha value is -3.30. The minimum atomic E-state index is -0.145. The lowest BCUT2D eigenvalue weighted by atomic mass is 10.1. The van der Waals surface area contributed by atoms with Crippen molar-refractivity contribution in [3.05, 3.63) is 58.7 Å². The molecule has 0 radical (unpaired) electrons. The Kier molecular flexibility index (Phi) is 5.35. The Bertz CT molecular complexity index is 1080. The first-order valence-corrected chi connectivity index (χ1v) is 10.4. The zero-order valence-corrected chi connectivity index (χ0v) is 17.4. The Morgan fingerprint density at radius 3 is 2.61 bits per heavy atom. The Morgan fingerprint density at radius 2 is 1.81 bits per heavy atom. The molecule has 1 fully saturated rings. The average Bonchev–Trinajstić information content (AvgIpc) is 3.44. The summed E-state index contributed by atoms with van der Waals surface area (Å²) < 4.78 is 10.8. The van der Waals surface area contributed by atoms with Gasteiger partial charge in [0.05, 0.1) is 0 Å². The first kappa shape index (κ1) is 19.7. The van der Waals surface area contributed by atoms with E-state index in [1.165, 1.54) is 0 Å². The van der Waals surface area contributed by atoms with Gasteiger partial charge < -0.3 is 19.7 Å². The summed E-state index contributed by atoms with van der Waals surface area (Å²) in [5.41, 5.74) is 2.22. The zero-order valence-electron chi connectivity index (χ0n) is 16.7. The lowest BCUT2D eigenvalue weighted by Crippen LogP contribution is -2.48. The van der Waals surface area contributed by atoms with Crippen LogP contribution in [0.4, 0.5) is 11.5 Å². The summed E-state index contributed by atoms with van der Waals surface area (Å²) in [6, 6.07) is 13.2. The number of H-pyrrole nitrogens is 1. The van der Waals surface area contributed by atoms with Gasteiger partial charge in [-0.05, 0) is 42.0 Å². The molecule has 1 saturated heterocycles. The number of piperazine rings is 1. The van der Waals surface area contributed by atoms with Gasteiger partial charge in [0, 0.05) is 43.4 Å². The minimum Gasteiger partial charge on any atom is -0.454 e. The van der Waals surface area contributed by atoms with Gasteiger partial charge >= 0.3 is 0 Å². The van der Waals surface area contributed by atoms with E-state index in [0.29, 0.717) is 23.9 Å². The third kappa shape index (κ3) is 4.28. The van der Waals surface area contributed by atoms with Gasteiger partial charge in [0.1, 0.15) is 0 Å². The SMILES string of the molecule is O=C(c1n[nH]nc1Nc1ccc(Cl)cc1)N1CCN(Cc2ccc3c(c2)OCO3)CC1. The number of aromatic nitrogens is 3. The van der Waals surface area contributed by atoms with Crippen molar-refractivity contribution in [1.82, 2.24) is 25.2 Å². The van der Waals surface area contributed by atoms with Crippen molar-refractivity contribution in [2.45, 2.75) is 6.54 Å². The van der Waals surface area contributed by atoms with E-state index in [1.807, 2.05) is 24.3 Å². The number of benzene rings is 2. The summed E-state index contributed by atoms with van der Waals surface area (Å²) in [6.07, 6.45) is 0. The Morgan fingerprint density at radius 1 is 1.03 bits per heavy atom. The Balaban J connectivity index is 1.19. The van der Waals surface area contributed by atoms with Crippen molar-refractivity contribution in [2.75, 3.05) is 38.3 Å². The van der Waals surface area contributed by atoms with Crippen LogP contribution in [-0.2, 0) is 6.54 Å². The third-order valence-corrected chi connectivity index (χ3v) is 5.61. The lowest BCUT2D eigenvalue weighted by Gasteiger charge is -2.34. The maximum Gasteiger partial charge on any atom is 0.278 e. The van der Waals surface area contributed by atoms with E-state index in [0.717, 1.165) is 42.4 Å². The van der Waals surface area contributed by atoms with Crippen LogP contribution in [0.5, 0.6) is 11.5 Å². The molecule has 0 atom stereocenters. The number of hydrogen-bond acceptors (Lipinski definition) is 7. The normalized spacial score (nSPS) is 15.8. The van der Waals surface area contributed by atoms with Crippen LogP contribution in [0, 0.1) is 0 Å². The topological polar surface area (TPSA) is 95.6 Å². The number of nitrogens with one attached hydrogen (secondary N) is 2. The summed E-state index contributed by atoms with van der Waals surface area (Å²) in [5, 5.41) is 14.5. The number of nitrogens with zero attached hydrogens (tertiary/aromatic N) is 4. The molecular weight excluding hydrogens is 420 g/mol. The second-order valence-corrected chi connectivity index (χ2v) is 7.85. The van der Waals surface area contributed by atoms with Crippen LogP contribution in [-0.4, -0.2) is 64.1 Å². The molecule has 3 aromatic rings. The molecule has 2 aliphatic rings. The van der Waals surface area contributed by atoms with Crippen molar-refractivity contribution in [3.63, 3.8) is 0 Å². The number of amides is 1. The van der Waals surface area contributed by atoms with E-state index in [9.17, 15) is 4.79 Å². The number of fused-ring (bicyclic) bond motifs is 1. The van der Waals surface area contributed by atoms with Gasteiger partial charge in [0.15, 0.2) is 23.0 Å². The summed E-state index contributed by atoms with van der Waals surface area (Å²) in [7, 11) is 0. The maximum atomic E-state index is 13.0. The largest absolute Gasteiger partial charge is 0.454 e. The van der Waals surface area contributed by atoms with E-state index in [4.69, 9.17) is 21.1 Å². The van der Waals surface area contributed by atoms with Crippen molar-refractivity contribution < 1.29 is 14.3 Å². The second-order valence-electron chi connectivity index (χ2n) is 7.41. The number of anilines is 2. The van der Waals surface area contributed by atoms with Crippen LogP contribution in [0.1, 0.15) is 16.1 Å². The van der Waals surface area contributed by atoms with E-state index < -0.39 is 0 Å². The van der Waals surface area contributed by atoms with Crippen LogP contribution >= 0.6 is 11.6 Å². The van der Waals surface area contributed by atoms with E-state index >= 15 is 0 Å². The molecule has 160 valence electrons. The van der Waals surface area contributed by atoms with Crippen molar-refractivity contribution >= 4 is 29.0 Å². The Labute approximate surface area is 183 Å². The second kappa shape index (κ2) is 8.44. The molecule has 5 rings (SSSR count). The van der Waals surface area contributed by atoms with Gasteiger partial charge in [-0.2, -0.15) is 5.21 Å². The molecule has 0 aliphatic carbocycles. The van der Waals surface area contributed by atoms with Crippen LogP contribution in [0.2, 0.25) is 5.02 Å². The molecule has 2 aromatic carbocycles. The fourth-order valence-electron chi connectivity index (χ4n) is 3.69. The highest BCUT2D eigenvalue weighted by molar-refractivity contribution is 6.30. The summed E-state index contributed by atoms with van der Waals surface area (Å²) in [5.74, 6) is 1.83. The van der Waals surface area contributed by atoms with E-state index in [1.54, 1.807) is 17.0 Å². The van der Waals surface area contributed by atoms with Crippen LogP contribution in [0.25, 0.3) is 0 Å². The van der Waals surface area contributed by atoms with Gasteiger partial charge in [-0.1, -0.05) is 17.7 Å². The molecule has 0 spiro atoms. The van der Waals surface area contributed by atoms with E-state index in [2.05, 4.69) is 31.7 Å². The molecule has 3 heterocycles. The number of hydrogen-bond donors (Lipinski definition) is 2. The molecule has 31 heavy (non-hydrogen) atoms. The highest BCUT2D eigenvalue weighted by Crippen LogP contribution is 2.33. The molecule has 10 heteroatoms. The van der Waals surface area contributed by atoms with Gasteiger partial charge in [0.2, 0.25) is 6.79 Å².